The van der Waals surface area contributed by atoms with Crippen LogP contribution in [0.5, 0.6) is 0 Å². The lowest BCUT2D eigenvalue weighted by Gasteiger charge is -2.14. The normalized spacial score (nSPS) is 11.9. The molecule has 116 valence electrons. The fourth-order valence-electron chi connectivity index (χ4n) is 2.21. The van der Waals surface area contributed by atoms with Crippen LogP contribution in [0.25, 0.3) is 0 Å². The third-order valence-corrected chi connectivity index (χ3v) is 3.73. The number of benzene rings is 2. The van der Waals surface area contributed by atoms with Gasteiger partial charge in [0.25, 0.3) is 0 Å². The van der Waals surface area contributed by atoms with Crippen molar-refractivity contribution in [2.45, 2.75) is 19.4 Å². The largest absolute Gasteiger partial charge is 0.355 e. The highest BCUT2D eigenvalue weighted by atomic mass is 35.5. The van der Waals surface area contributed by atoms with E-state index in [4.69, 9.17) is 11.6 Å². The molecular formula is C18H21ClN2O. The van der Waals surface area contributed by atoms with Crippen molar-refractivity contribution in [1.29, 1.82) is 0 Å². The van der Waals surface area contributed by atoms with E-state index in [-0.39, 0.29) is 11.9 Å². The van der Waals surface area contributed by atoms with Crippen LogP contribution < -0.4 is 10.6 Å². The molecule has 0 aliphatic rings. The van der Waals surface area contributed by atoms with Crippen LogP contribution in [-0.2, 0) is 11.2 Å². The molecule has 0 radical (unpaired) electrons. The Kier molecular flexibility index (Phi) is 6.44. The summed E-state index contributed by atoms with van der Waals surface area (Å²) in [5, 5.41) is 6.86. The van der Waals surface area contributed by atoms with Crippen LogP contribution >= 0.6 is 11.6 Å². The zero-order valence-corrected chi connectivity index (χ0v) is 13.4. The molecule has 1 amide bonds. The van der Waals surface area contributed by atoms with E-state index < -0.39 is 0 Å². The Morgan fingerprint density at radius 3 is 2.64 bits per heavy atom. The lowest BCUT2D eigenvalue weighted by molar-refractivity contribution is -0.120. The predicted octanol–water partition coefficient (Wildman–Crippen LogP) is 3.35. The Labute approximate surface area is 136 Å². The second-order valence-corrected chi connectivity index (χ2v) is 5.68. The van der Waals surface area contributed by atoms with E-state index in [1.807, 2.05) is 42.5 Å². The molecule has 0 bridgehead atoms. The van der Waals surface area contributed by atoms with Crippen LogP contribution in [0, 0.1) is 0 Å². The van der Waals surface area contributed by atoms with Crippen molar-refractivity contribution in [1.82, 2.24) is 10.6 Å². The van der Waals surface area contributed by atoms with Gasteiger partial charge in [0.05, 0.1) is 6.54 Å². The number of hydrogen-bond acceptors (Lipinski definition) is 2. The number of carbonyl (C=O) groups is 1. The van der Waals surface area contributed by atoms with E-state index in [1.54, 1.807) is 0 Å². The number of nitrogens with one attached hydrogen (secondary N) is 2. The summed E-state index contributed by atoms with van der Waals surface area (Å²) >= 11 is 5.93. The minimum atomic E-state index is 0.00445. The van der Waals surface area contributed by atoms with Gasteiger partial charge in [-0.15, -0.1) is 0 Å². The van der Waals surface area contributed by atoms with Gasteiger partial charge in [-0.3, -0.25) is 4.79 Å². The summed E-state index contributed by atoms with van der Waals surface area (Å²) in [4.78, 5) is 11.8. The number of hydrogen-bond donors (Lipinski definition) is 2. The summed E-state index contributed by atoms with van der Waals surface area (Å²) < 4.78 is 0. The predicted molar refractivity (Wildman–Crippen MR) is 91.0 cm³/mol. The standard InChI is InChI=1S/C18H21ClN2O/c1-14(16-7-3-2-4-8-16)21-13-18(22)20-11-10-15-6-5-9-17(19)12-15/h2-9,12,14,21H,10-11,13H2,1H3,(H,20,22)/t14-/m0/s1. The maximum absolute atomic E-state index is 11.8. The molecule has 2 N–H and O–H groups in total. The molecule has 2 aromatic rings. The Morgan fingerprint density at radius 2 is 1.91 bits per heavy atom. The van der Waals surface area contributed by atoms with Crippen LogP contribution in [-0.4, -0.2) is 19.0 Å². The molecule has 0 aromatic heterocycles. The van der Waals surface area contributed by atoms with Crippen LogP contribution in [0.1, 0.15) is 24.1 Å². The molecule has 0 spiro atoms. The molecule has 2 aromatic carbocycles. The smallest absolute Gasteiger partial charge is 0.233 e. The molecule has 3 nitrogen and oxygen atoms in total. The zero-order chi connectivity index (χ0) is 15.8. The first-order valence-electron chi connectivity index (χ1n) is 7.44. The lowest BCUT2D eigenvalue weighted by Crippen LogP contribution is -2.36. The van der Waals surface area contributed by atoms with Gasteiger partial charge in [0.15, 0.2) is 0 Å². The molecule has 0 heterocycles. The maximum Gasteiger partial charge on any atom is 0.233 e. The van der Waals surface area contributed by atoms with Crippen molar-refractivity contribution in [3.8, 4) is 0 Å². The summed E-state index contributed by atoms with van der Waals surface area (Å²) in [5.74, 6) is 0.00445. The number of rotatable bonds is 7. The highest BCUT2D eigenvalue weighted by molar-refractivity contribution is 6.30. The molecule has 0 fully saturated rings. The Morgan fingerprint density at radius 1 is 1.14 bits per heavy atom. The average molecular weight is 317 g/mol. The molecule has 0 aliphatic heterocycles. The SMILES string of the molecule is C[C@H](NCC(=O)NCCc1cccc(Cl)c1)c1ccccc1. The Balaban J connectivity index is 1.68. The molecule has 0 saturated heterocycles. The molecule has 0 unspecified atom stereocenters. The van der Waals surface area contributed by atoms with Crippen LogP contribution in [0.3, 0.4) is 0 Å². The van der Waals surface area contributed by atoms with Gasteiger partial charge in [0, 0.05) is 17.6 Å². The first kappa shape index (κ1) is 16.5. The highest BCUT2D eigenvalue weighted by Crippen LogP contribution is 2.11. The third-order valence-electron chi connectivity index (χ3n) is 3.49. The minimum absolute atomic E-state index is 0.00445. The summed E-state index contributed by atoms with van der Waals surface area (Å²) in [6.07, 6.45) is 0.778. The first-order chi connectivity index (χ1) is 10.6. The van der Waals surface area contributed by atoms with Gasteiger partial charge in [-0.2, -0.15) is 0 Å². The van der Waals surface area contributed by atoms with E-state index in [0.29, 0.717) is 13.1 Å². The summed E-state index contributed by atoms with van der Waals surface area (Å²) in [6.45, 7) is 2.97. The average Bonchev–Trinajstić information content (AvgIpc) is 2.53. The van der Waals surface area contributed by atoms with Gasteiger partial charge >= 0.3 is 0 Å². The van der Waals surface area contributed by atoms with E-state index in [9.17, 15) is 4.79 Å². The second kappa shape index (κ2) is 8.57. The van der Waals surface area contributed by atoms with E-state index >= 15 is 0 Å². The molecule has 0 saturated carbocycles. The van der Waals surface area contributed by atoms with Crippen molar-refractivity contribution in [2.75, 3.05) is 13.1 Å². The fraction of sp³-hybridized carbons (Fsp3) is 0.278. The lowest BCUT2D eigenvalue weighted by atomic mass is 10.1. The number of amides is 1. The van der Waals surface area contributed by atoms with Gasteiger partial charge in [-0.05, 0) is 36.6 Å². The van der Waals surface area contributed by atoms with Gasteiger partial charge in [-0.25, -0.2) is 0 Å². The van der Waals surface area contributed by atoms with Crippen LogP contribution in [0.15, 0.2) is 54.6 Å². The van der Waals surface area contributed by atoms with Gasteiger partial charge < -0.3 is 10.6 Å². The molecule has 22 heavy (non-hydrogen) atoms. The quantitative estimate of drug-likeness (QED) is 0.822. The highest BCUT2D eigenvalue weighted by Gasteiger charge is 2.06. The van der Waals surface area contributed by atoms with Crippen LogP contribution in [0.2, 0.25) is 5.02 Å². The van der Waals surface area contributed by atoms with Crippen molar-refractivity contribution < 1.29 is 4.79 Å². The molecule has 2 rings (SSSR count). The fourth-order valence-corrected chi connectivity index (χ4v) is 2.42. The molecular weight excluding hydrogens is 296 g/mol. The second-order valence-electron chi connectivity index (χ2n) is 5.24. The monoisotopic (exact) mass is 316 g/mol. The van der Waals surface area contributed by atoms with Gasteiger partial charge in [0.2, 0.25) is 5.91 Å². The number of carbonyl (C=O) groups excluding carboxylic acids is 1. The van der Waals surface area contributed by atoms with E-state index in [0.717, 1.165) is 17.0 Å². The van der Waals surface area contributed by atoms with Crippen LogP contribution in [0.4, 0.5) is 0 Å². The molecule has 0 aliphatic carbocycles. The Hall–Kier alpha value is -1.84. The zero-order valence-electron chi connectivity index (χ0n) is 12.7. The summed E-state index contributed by atoms with van der Waals surface area (Å²) in [6, 6.07) is 17.9. The topological polar surface area (TPSA) is 41.1 Å². The van der Waals surface area contributed by atoms with Crippen molar-refractivity contribution in [3.63, 3.8) is 0 Å². The minimum Gasteiger partial charge on any atom is -0.355 e. The third kappa shape index (κ3) is 5.51. The van der Waals surface area contributed by atoms with Crippen molar-refractivity contribution in [3.05, 3.63) is 70.7 Å². The molecule has 4 heteroatoms. The first-order valence-corrected chi connectivity index (χ1v) is 7.82. The number of halogens is 1. The van der Waals surface area contributed by atoms with E-state index in [1.165, 1.54) is 5.56 Å². The summed E-state index contributed by atoms with van der Waals surface area (Å²) in [7, 11) is 0. The summed E-state index contributed by atoms with van der Waals surface area (Å²) in [5.41, 5.74) is 2.30. The molecule has 1 atom stereocenters. The van der Waals surface area contributed by atoms with Crippen molar-refractivity contribution in [2.24, 2.45) is 0 Å². The van der Waals surface area contributed by atoms with Gasteiger partial charge in [0.1, 0.15) is 0 Å². The Bertz CT molecular complexity index is 601. The van der Waals surface area contributed by atoms with Gasteiger partial charge in [-0.1, -0.05) is 54.1 Å². The maximum atomic E-state index is 11.8. The van der Waals surface area contributed by atoms with E-state index in [2.05, 4.69) is 29.7 Å². The van der Waals surface area contributed by atoms with Crippen molar-refractivity contribution >= 4 is 17.5 Å².